The molecular formula is C9H6BrClS. The molecule has 2 rings (SSSR count). The third-order valence-corrected chi connectivity index (χ3v) is 4.23. The molecule has 3 heteroatoms. The monoisotopic (exact) mass is 260 g/mol. The Bertz CT molecular complexity index is 408. The van der Waals surface area contributed by atoms with Crippen LogP contribution in [0.25, 0.3) is 10.1 Å². The second-order valence-electron chi connectivity index (χ2n) is 2.50. The van der Waals surface area contributed by atoms with Crippen LogP contribution in [0, 0.1) is 0 Å². The number of alkyl halides is 1. The molecule has 0 nitrogen and oxygen atoms in total. The summed E-state index contributed by atoms with van der Waals surface area (Å²) in [7, 11) is 0. The van der Waals surface area contributed by atoms with Gasteiger partial charge in [0.1, 0.15) is 0 Å². The highest BCUT2D eigenvalue weighted by atomic mass is 79.9. The molecule has 12 heavy (non-hydrogen) atoms. The van der Waals surface area contributed by atoms with Crippen LogP contribution in [0.15, 0.2) is 28.7 Å². The Hall–Kier alpha value is -0.0500. The van der Waals surface area contributed by atoms with Gasteiger partial charge < -0.3 is 0 Å². The summed E-state index contributed by atoms with van der Waals surface area (Å²) in [6.07, 6.45) is 0. The van der Waals surface area contributed by atoms with Crippen molar-refractivity contribution in [2.45, 2.75) is 5.88 Å². The molecule has 0 unspecified atom stereocenters. The normalized spacial score (nSPS) is 10.8. The molecule has 0 aliphatic rings. The number of benzene rings is 1. The first-order valence-corrected chi connectivity index (χ1v) is 5.68. The quantitative estimate of drug-likeness (QED) is 0.667. The van der Waals surface area contributed by atoms with Gasteiger partial charge in [-0.25, -0.2) is 0 Å². The molecule has 0 fully saturated rings. The van der Waals surface area contributed by atoms with Crippen molar-refractivity contribution in [3.8, 4) is 0 Å². The van der Waals surface area contributed by atoms with Crippen LogP contribution in [-0.4, -0.2) is 0 Å². The first-order valence-electron chi connectivity index (χ1n) is 3.54. The summed E-state index contributed by atoms with van der Waals surface area (Å²) in [4.78, 5) is 1.22. The highest BCUT2D eigenvalue weighted by molar-refractivity contribution is 9.10. The van der Waals surface area contributed by atoms with Gasteiger partial charge in [0.2, 0.25) is 0 Å². The summed E-state index contributed by atoms with van der Waals surface area (Å²) in [5.41, 5.74) is 0. The molecule has 0 bridgehead atoms. The summed E-state index contributed by atoms with van der Waals surface area (Å²) in [6.45, 7) is 0. The van der Waals surface area contributed by atoms with Crippen LogP contribution in [-0.2, 0) is 5.88 Å². The molecule has 0 radical (unpaired) electrons. The summed E-state index contributed by atoms with van der Waals surface area (Å²) < 4.78 is 2.44. The van der Waals surface area contributed by atoms with Crippen LogP contribution in [0.5, 0.6) is 0 Å². The van der Waals surface area contributed by atoms with Crippen molar-refractivity contribution in [1.82, 2.24) is 0 Å². The summed E-state index contributed by atoms with van der Waals surface area (Å²) in [5, 5.41) is 1.27. The third-order valence-electron chi connectivity index (χ3n) is 1.68. The lowest BCUT2D eigenvalue weighted by Gasteiger charge is -1.89. The Kier molecular flexibility index (Phi) is 2.40. The van der Waals surface area contributed by atoms with E-state index in [0.29, 0.717) is 5.88 Å². The lowest BCUT2D eigenvalue weighted by molar-refractivity contribution is 1.54. The van der Waals surface area contributed by atoms with Crippen molar-refractivity contribution in [3.05, 3.63) is 33.6 Å². The second-order valence-corrected chi connectivity index (χ2v) is 4.76. The molecule has 0 amide bonds. The van der Waals surface area contributed by atoms with Crippen molar-refractivity contribution in [2.75, 3.05) is 0 Å². The molecule has 0 spiro atoms. The van der Waals surface area contributed by atoms with E-state index < -0.39 is 0 Å². The van der Waals surface area contributed by atoms with Crippen molar-refractivity contribution < 1.29 is 0 Å². The maximum atomic E-state index is 5.75. The van der Waals surface area contributed by atoms with Gasteiger partial charge in [0.15, 0.2) is 0 Å². The molecule has 0 aliphatic heterocycles. The fourth-order valence-electron chi connectivity index (χ4n) is 1.15. The van der Waals surface area contributed by atoms with E-state index in [-0.39, 0.29) is 0 Å². The Morgan fingerprint density at radius 3 is 2.92 bits per heavy atom. The summed E-state index contributed by atoms with van der Waals surface area (Å²) in [6, 6.07) is 8.33. The largest absolute Gasteiger partial charge is 0.138 e. The number of hydrogen-bond donors (Lipinski definition) is 0. The second kappa shape index (κ2) is 3.36. The number of thiophene rings is 1. The maximum absolute atomic E-state index is 5.75. The Morgan fingerprint density at radius 1 is 1.42 bits per heavy atom. The van der Waals surface area contributed by atoms with Gasteiger partial charge in [-0.3, -0.25) is 0 Å². The van der Waals surface area contributed by atoms with Crippen LogP contribution in [0.2, 0.25) is 0 Å². The highest BCUT2D eigenvalue weighted by Gasteiger charge is 2.02. The van der Waals surface area contributed by atoms with Crippen molar-refractivity contribution in [2.24, 2.45) is 0 Å². The van der Waals surface area contributed by atoms with E-state index in [2.05, 4.69) is 34.1 Å². The molecule has 1 heterocycles. The van der Waals surface area contributed by atoms with Gasteiger partial charge in [0, 0.05) is 14.0 Å². The lowest BCUT2D eigenvalue weighted by Crippen LogP contribution is -1.62. The molecule has 0 saturated carbocycles. The predicted molar refractivity (Wildman–Crippen MR) is 59.1 cm³/mol. The van der Waals surface area contributed by atoms with Gasteiger partial charge in [-0.05, 0) is 33.4 Å². The third kappa shape index (κ3) is 1.39. The van der Waals surface area contributed by atoms with Gasteiger partial charge >= 0.3 is 0 Å². The first-order chi connectivity index (χ1) is 5.81. The van der Waals surface area contributed by atoms with Gasteiger partial charge in [0.25, 0.3) is 0 Å². The SMILES string of the molecule is ClCc1cc2cccc(Br)c2s1. The molecule has 0 aliphatic carbocycles. The van der Waals surface area contributed by atoms with Crippen LogP contribution >= 0.6 is 38.9 Å². The number of rotatable bonds is 1. The van der Waals surface area contributed by atoms with Crippen LogP contribution in [0.1, 0.15) is 4.88 Å². The van der Waals surface area contributed by atoms with Gasteiger partial charge in [-0.2, -0.15) is 0 Å². The molecule has 1 aromatic carbocycles. The lowest BCUT2D eigenvalue weighted by atomic mass is 10.2. The zero-order valence-electron chi connectivity index (χ0n) is 6.18. The minimum absolute atomic E-state index is 0.603. The Balaban J connectivity index is 2.74. The molecule has 62 valence electrons. The first kappa shape index (κ1) is 8.54. The summed E-state index contributed by atoms with van der Waals surface area (Å²) >= 11 is 11.0. The molecule has 0 N–H and O–H groups in total. The van der Waals surface area contributed by atoms with E-state index in [1.54, 1.807) is 11.3 Å². The maximum Gasteiger partial charge on any atom is 0.0568 e. The minimum atomic E-state index is 0.603. The topological polar surface area (TPSA) is 0 Å². The van der Waals surface area contributed by atoms with Crippen molar-refractivity contribution in [1.29, 1.82) is 0 Å². The van der Waals surface area contributed by atoms with Crippen LogP contribution < -0.4 is 0 Å². The molecule has 2 aromatic rings. The molecular weight excluding hydrogens is 256 g/mol. The Morgan fingerprint density at radius 2 is 2.25 bits per heavy atom. The Labute approximate surface area is 88.3 Å². The zero-order valence-corrected chi connectivity index (χ0v) is 9.34. The standard InChI is InChI=1S/C9H6BrClS/c10-8-3-1-2-6-4-7(5-11)12-9(6)8/h1-4H,5H2. The van der Waals surface area contributed by atoms with E-state index in [4.69, 9.17) is 11.6 Å². The van der Waals surface area contributed by atoms with Gasteiger partial charge in [0.05, 0.1) is 5.88 Å². The smallest absolute Gasteiger partial charge is 0.0568 e. The average molecular weight is 262 g/mol. The predicted octanol–water partition coefficient (Wildman–Crippen LogP) is 4.40. The highest BCUT2D eigenvalue weighted by Crippen LogP contribution is 2.32. The van der Waals surface area contributed by atoms with E-state index in [1.165, 1.54) is 15.0 Å². The zero-order chi connectivity index (χ0) is 8.55. The van der Waals surface area contributed by atoms with Gasteiger partial charge in [-0.15, -0.1) is 22.9 Å². The number of fused-ring (bicyclic) bond motifs is 1. The van der Waals surface area contributed by atoms with Crippen LogP contribution in [0.4, 0.5) is 0 Å². The molecule has 1 aromatic heterocycles. The van der Waals surface area contributed by atoms with E-state index in [1.807, 2.05) is 6.07 Å². The van der Waals surface area contributed by atoms with E-state index >= 15 is 0 Å². The number of hydrogen-bond acceptors (Lipinski definition) is 1. The van der Waals surface area contributed by atoms with E-state index in [0.717, 1.165) is 4.47 Å². The average Bonchev–Trinajstić information content (AvgIpc) is 2.49. The van der Waals surface area contributed by atoms with Crippen molar-refractivity contribution in [3.63, 3.8) is 0 Å². The molecule has 0 atom stereocenters. The summed E-state index contributed by atoms with van der Waals surface area (Å²) in [5.74, 6) is 0.603. The fraction of sp³-hybridized carbons (Fsp3) is 0.111. The van der Waals surface area contributed by atoms with Gasteiger partial charge in [-0.1, -0.05) is 12.1 Å². The van der Waals surface area contributed by atoms with Crippen LogP contribution in [0.3, 0.4) is 0 Å². The van der Waals surface area contributed by atoms with E-state index in [9.17, 15) is 0 Å². The molecule has 0 saturated heterocycles. The fourth-order valence-corrected chi connectivity index (χ4v) is 2.92. The minimum Gasteiger partial charge on any atom is -0.138 e. The number of halogens is 2. The van der Waals surface area contributed by atoms with Crippen molar-refractivity contribution >= 4 is 49.0 Å².